The fourth-order valence-electron chi connectivity index (χ4n) is 1.45. The minimum absolute atomic E-state index is 0.193. The summed E-state index contributed by atoms with van der Waals surface area (Å²) in [6.45, 7) is 0. The van der Waals surface area contributed by atoms with Gasteiger partial charge in [0.05, 0.1) is 10.1 Å². The van der Waals surface area contributed by atoms with Gasteiger partial charge in [0.2, 0.25) is 0 Å². The number of alkyl halides is 4. The minimum Gasteiger partial charge on any atom is -0.105 e. The summed E-state index contributed by atoms with van der Waals surface area (Å²) in [5.74, 6) is 0. The minimum atomic E-state index is -1.43. The number of allylic oxidation sites excluding steroid dienone is 4. The number of hydrogen-bond acceptors (Lipinski definition) is 0. The highest BCUT2D eigenvalue weighted by Crippen LogP contribution is 2.69. The topological polar surface area (TPSA) is 0 Å². The summed E-state index contributed by atoms with van der Waals surface area (Å²) >= 11 is 36.1. The zero-order valence-electron chi connectivity index (χ0n) is 5.92. The van der Waals surface area contributed by atoms with E-state index in [9.17, 15) is 0 Å². The molecule has 13 heavy (non-hydrogen) atoms. The summed E-state index contributed by atoms with van der Waals surface area (Å²) in [7, 11) is 0. The van der Waals surface area contributed by atoms with Crippen LogP contribution in [-0.2, 0) is 0 Å². The Bertz CT molecular complexity index is 313. The van der Waals surface area contributed by atoms with Crippen LogP contribution in [0.5, 0.6) is 0 Å². The van der Waals surface area contributed by atoms with Gasteiger partial charge in [-0.3, -0.25) is 0 Å². The summed E-state index contributed by atoms with van der Waals surface area (Å²) in [5, 5.41) is 0.386. The maximum atomic E-state index is 6.11. The monoisotopic (exact) mass is 296 g/mol. The zero-order chi connectivity index (χ0) is 10.1. The molecule has 0 heterocycles. The van der Waals surface area contributed by atoms with Crippen molar-refractivity contribution in [3.8, 4) is 0 Å². The number of hydrogen-bond donors (Lipinski definition) is 0. The van der Waals surface area contributed by atoms with E-state index in [1.165, 1.54) is 0 Å². The molecule has 6 heteroatoms. The molecule has 0 aliphatic heterocycles. The third-order valence-corrected chi connectivity index (χ3v) is 6.33. The molecule has 0 aromatic carbocycles. The van der Waals surface area contributed by atoms with Crippen molar-refractivity contribution in [3.63, 3.8) is 0 Å². The maximum absolute atomic E-state index is 6.11. The molecule has 2 bridgehead atoms. The van der Waals surface area contributed by atoms with Crippen LogP contribution in [0, 0.1) is 0 Å². The Balaban J connectivity index is 2.71. The van der Waals surface area contributed by atoms with Crippen LogP contribution in [-0.4, -0.2) is 14.1 Å². The quantitative estimate of drug-likeness (QED) is 0.460. The van der Waals surface area contributed by atoms with E-state index in [2.05, 4.69) is 0 Å². The van der Waals surface area contributed by atoms with E-state index >= 15 is 0 Å². The summed E-state index contributed by atoms with van der Waals surface area (Å²) in [6, 6.07) is 0. The van der Waals surface area contributed by atoms with Crippen LogP contribution in [0.25, 0.3) is 0 Å². The van der Waals surface area contributed by atoms with Gasteiger partial charge in [0.15, 0.2) is 4.33 Å². The Kier molecular flexibility index (Phi) is 2.20. The molecule has 2 rings (SSSR count). The van der Waals surface area contributed by atoms with Gasteiger partial charge in [0.1, 0.15) is 9.75 Å². The summed E-state index contributed by atoms with van der Waals surface area (Å²) in [5.41, 5.74) is 0. The van der Waals surface area contributed by atoms with Gasteiger partial charge in [-0.05, 0) is 0 Å². The van der Waals surface area contributed by atoms with Gasteiger partial charge in [-0.1, -0.05) is 58.6 Å². The van der Waals surface area contributed by atoms with Crippen molar-refractivity contribution in [2.24, 2.45) is 0 Å². The van der Waals surface area contributed by atoms with Crippen LogP contribution in [0.4, 0.5) is 0 Å². The number of halogens is 6. The van der Waals surface area contributed by atoms with E-state index < -0.39 is 14.1 Å². The Labute approximate surface area is 105 Å². The highest BCUT2D eigenvalue weighted by molar-refractivity contribution is 6.66. The van der Waals surface area contributed by atoms with Crippen LogP contribution in [0.15, 0.2) is 22.2 Å². The first kappa shape index (κ1) is 10.7. The first-order chi connectivity index (χ1) is 5.77. The molecule has 0 saturated heterocycles. The van der Waals surface area contributed by atoms with Crippen LogP contribution >= 0.6 is 69.6 Å². The van der Waals surface area contributed by atoms with Crippen molar-refractivity contribution in [2.75, 3.05) is 0 Å². The van der Waals surface area contributed by atoms with E-state index in [-0.39, 0.29) is 10.1 Å². The second-order valence-electron chi connectivity index (χ2n) is 2.96. The average molecular weight is 299 g/mol. The molecular formula is C7H2Cl6. The Morgan fingerprint density at radius 1 is 0.769 bits per heavy atom. The lowest BCUT2D eigenvalue weighted by Crippen LogP contribution is -2.43. The predicted molar refractivity (Wildman–Crippen MR) is 59.5 cm³/mol. The van der Waals surface area contributed by atoms with E-state index in [0.717, 1.165) is 0 Å². The largest absolute Gasteiger partial charge is 0.173 e. The van der Waals surface area contributed by atoms with Crippen molar-refractivity contribution in [3.05, 3.63) is 22.2 Å². The standard InChI is InChI=1S/C7H2Cl6/c8-3-4(9)6(11)2-1-5(3,10)7(6,12)13/h1-2H/t5-,6-/m0/s1. The normalized spacial score (nSPS) is 46.3. The van der Waals surface area contributed by atoms with Gasteiger partial charge in [-0.15, -0.1) is 23.2 Å². The molecule has 0 aromatic heterocycles. The molecule has 0 saturated carbocycles. The van der Waals surface area contributed by atoms with Crippen molar-refractivity contribution in [1.82, 2.24) is 0 Å². The van der Waals surface area contributed by atoms with Crippen molar-refractivity contribution >= 4 is 69.6 Å². The first-order valence-corrected chi connectivity index (χ1v) is 5.56. The van der Waals surface area contributed by atoms with Gasteiger partial charge in [-0.25, -0.2) is 0 Å². The summed E-state index contributed by atoms with van der Waals surface area (Å²) < 4.78 is -1.43. The third kappa shape index (κ3) is 0.934. The van der Waals surface area contributed by atoms with E-state index in [1.54, 1.807) is 12.2 Å². The van der Waals surface area contributed by atoms with E-state index in [1.807, 2.05) is 0 Å². The molecule has 0 radical (unpaired) electrons. The number of fused-ring (bicyclic) bond motifs is 2. The lowest BCUT2D eigenvalue weighted by Gasteiger charge is -2.31. The van der Waals surface area contributed by atoms with Crippen molar-refractivity contribution < 1.29 is 0 Å². The first-order valence-electron chi connectivity index (χ1n) is 3.29. The molecule has 0 N–H and O–H groups in total. The molecule has 72 valence electrons. The smallest absolute Gasteiger partial charge is 0.105 e. The average Bonchev–Trinajstić information content (AvgIpc) is 2.28. The fraction of sp³-hybridized carbons (Fsp3) is 0.429. The number of rotatable bonds is 0. The molecule has 2 aliphatic carbocycles. The Morgan fingerprint density at radius 3 is 1.23 bits per heavy atom. The Morgan fingerprint density at radius 2 is 1.08 bits per heavy atom. The zero-order valence-corrected chi connectivity index (χ0v) is 10.5. The molecule has 0 amide bonds. The third-order valence-electron chi connectivity index (χ3n) is 2.29. The highest BCUT2D eigenvalue weighted by atomic mass is 35.5. The molecule has 0 unspecified atom stereocenters. The summed E-state index contributed by atoms with van der Waals surface area (Å²) in [6.07, 6.45) is 3.13. The maximum Gasteiger partial charge on any atom is 0.173 e. The molecule has 0 spiro atoms. The molecule has 2 atom stereocenters. The van der Waals surface area contributed by atoms with Gasteiger partial charge in [0.25, 0.3) is 0 Å². The lowest BCUT2D eigenvalue weighted by atomic mass is 10.1. The highest BCUT2D eigenvalue weighted by Gasteiger charge is 2.71. The molecular weight excluding hydrogens is 297 g/mol. The second kappa shape index (κ2) is 2.66. The van der Waals surface area contributed by atoms with Crippen molar-refractivity contribution in [2.45, 2.75) is 14.1 Å². The van der Waals surface area contributed by atoms with Crippen LogP contribution in [0.2, 0.25) is 0 Å². The fourth-order valence-corrected chi connectivity index (χ4v) is 3.73. The van der Waals surface area contributed by atoms with Crippen LogP contribution in [0.1, 0.15) is 0 Å². The predicted octanol–water partition coefficient (Wildman–Crippen LogP) is 4.39. The lowest BCUT2D eigenvalue weighted by molar-refractivity contribution is 0.718. The van der Waals surface area contributed by atoms with E-state index in [4.69, 9.17) is 69.6 Å². The molecule has 0 aromatic rings. The van der Waals surface area contributed by atoms with E-state index in [0.29, 0.717) is 0 Å². The van der Waals surface area contributed by atoms with Gasteiger partial charge < -0.3 is 0 Å². The van der Waals surface area contributed by atoms with Crippen LogP contribution in [0.3, 0.4) is 0 Å². The Hall–Kier alpha value is 1.22. The summed E-state index contributed by atoms with van der Waals surface area (Å²) in [4.78, 5) is -2.40. The van der Waals surface area contributed by atoms with Gasteiger partial charge in [-0.2, -0.15) is 0 Å². The second-order valence-corrected chi connectivity index (χ2v) is 6.23. The van der Waals surface area contributed by atoms with Gasteiger partial charge in [0, 0.05) is 0 Å². The van der Waals surface area contributed by atoms with Gasteiger partial charge >= 0.3 is 0 Å². The SMILES string of the molecule is ClC1=C(Cl)[C@@]2(Cl)C=C[C@@]1(Cl)C2(Cl)Cl. The van der Waals surface area contributed by atoms with Crippen molar-refractivity contribution in [1.29, 1.82) is 0 Å². The molecule has 0 fully saturated rings. The molecule has 2 aliphatic rings. The molecule has 0 nitrogen and oxygen atoms in total. The van der Waals surface area contributed by atoms with Crippen LogP contribution < -0.4 is 0 Å².